The zero-order chi connectivity index (χ0) is 14.8. The summed E-state index contributed by atoms with van der Waals surface area (Å²) in [5.41, 5.74) is -0.874. The number of carbonyl (C=O) groups is 2. The summed E-state index contributed by atoms with van der Waals surface area (Å²) in [5.74, 6) is -0.574. The fourth-order valence-corrected chi connectivity index (χ4v) is 2.50. The van der Waals surface area contributed by atoms with Gasteiger partial charge in [0.2, 0.25) is 5.89 Å². The number of carboxylic acids is 1. The molecule has 0 aliphatic heterocycles. The minimum absolute atomic E-state index is 0.0628. The number of hydrogen-bond donors (Lipinski definition) is 2. The molecule has 0 unspecified atom stereocenters. The molecule has 1 aromatic heterocycles. The molecule has 1 amide bonds. The van der Waals surface area contributed by atoms with Crippen molar-refractivity contribution in [1.82, 2.24) is 15.5 Å². The van der Waals surface area contributed by atoms with Gasteiger partial charge in [-0.3, -0.25) is 9.59 Å². The van der Waals surface area contributed by atoms with Crippen molar-refractivity contribution in [1.29, 1.82) is 0 Å². The lowest BCUT2D eigenvalue weighted by Crippen LogP contribution is -2.45. The molecule has 20 heavy (non-hydrogen) atoms. The van der Waals surface area contributed by atoms with Crippen molar-refractivity contribution >= 4 is 11.9 Å². The molecule has 110 valence electrons. The molecule has 1 heterocycles. The molecule has 1 saturated carbocycles. The fourth-order valence-electron chi connectivity index (χ4n) is 2.50. The minimum atomic E-state index is -0.874. The van der Waals surface area contributed by atoms with E-state index in [4.69, 9.17) is 4.52 Å². The molecule has 2 N–H and O–H groups in total. The quantitative estimate of drug-likeness (QED) is 0.864. The predicted molar refractivity (Wildman–Crippen MR) is 69.1 cm³/mol. The molecule has 7 nitrogen and oxygen atoms in total. The van der Waals surface area contributed by atoms with Gasteiger partial charge in [0.05, 0.1) is 5.41 Å². The smallest absolute Gasteiger partial charge is 0.311 e. The number of nitrogens with zero attached hydrogens (tertiary/aromatic N) is 2. The molecule has 7 heteroatoms. The van der Waals surface area contributed by atoms with Crippen LogP contribution >= 0.6 is 0 Å². The lowest BCUT2D eigenvalue weighted by Gasteiger charge is -2.35. The third-order valence-electron chi connectivity index (χ3n) is 4.00. The van der Waals surface area contributed by atoms with Crippen LogP contribution < -0.4 is 5.32 Å². The van der Waals surface area contributed by atoms with Crippen molar-refractivity contribution < 1.29 is 19.2 Å². The standard InChI is InChI=1S/C13H19N3O4/c1-8-3-5-13(6-4-8,12(18)19)7-14-11(17)10-15-9(2)20-16-10/h8H,3-7H2,1-2H3,(H,14,17)(H,18,19). The third-order valence-corrected chi connectivity index (χ3v) is 4.00. The highest BCUT2D eigenvalue weighted by molar-refractivity contribution is 5.90. The number of amides is 1. The summed E-state index contributed by atoms with van der Waals surface area (Å²) in [4.78, 5) is 27.2. The average molecular weight is 281 g/mol. The molecule has 1 aliphatic carbocycles. The van der Waals surface area contributed by atoms with Crippen LogP contribution in [-0.4, -0.2) is 33.7 Å². The fraction of sp³-hybridized carbons (Fsp3) is 0.692. The van der Waals surface area contributed by atoms with Crippen LogP contribution in [0, 0.1) is 18.3 Å². The Morgan fingerprint density at radius 2 is 2.10 bits per heavy atom. The van der Waals surface area contributed by atoms with E-state index in [9.17, 15) is 14.7 Å². The Bertz CT molecular complexity index is 503. The first-order valence-electron chi connectivity index (χ1n) is 6.75. The van der Waals surface area contributed by atoms with Crippen LogP contribution in [-0.2, 0) is 4.79 Å². The molecule has 0 radical (unpaired) electrons. The van der Waals surface area contributed by atoms with Gasteiger partial charge in [-0.25, -0.2) is 0 Å². The van der Waals surface area contributed by atoms with E-state index in [-0.39, 0.29) is 12.4 Å². The van der Waals surface area contributed by atoms with Crippen LogP contribution in [0.25, 0.3) is 0 Å². The highest BCUT2D eigenvalue weighted by Gasteiger charge is 2.41. The second-order valence-corrected chi connectivity index (χ2v) is 5.59. The van der Waals surface area contributed by atoms with E-state index in [1.165, 1.54) is 0 Å². The summed E-state index contributed by atoms with van der Waals surface area (Å²) >= 11 is 0. The molecule has 1 aromatic rings. The summed E-state index contributed by atoms with van der Waals surface area (Å²) < 4.78 is 4.73. The Hall–Kier alpha value is -1.92. The number of carboxylic acid groups (broad SMARTS) is 1. The lowest BCUT2D eigenvalue weighted by atomic mass is 9.71. The van der Waals surface area contributed by atoms with E-state index < -0.39 is 17.3 Å². The monoisotopic (exact) mass is 281 g/mol. The highest BCUT2D eigenvalue weighted by Crippen LogP contribution is 2.38. The van der Waals surface area contributed by atoms with Gasteiger partial charge in [0.15, 0.2) is 0 Å². The van der Waals surface area contributed by atoms with Crippen LogP contribution in [0.3, 0.4) is 0 Å². The lowest BCUT2D eigenvalue weighted by molar-refractivity contribution is -0.151. The van der Waals surface area contributed by atoms with E-state index in [2.05, 4.69) is 22.4 Å². The zero-order valence-corrected chi connectivity index (χ0v) is 11.7. The first-order valence-corrected chi connectivity index (χ1v) is 6.75. The third kappa shape index (κ3) is 2.97. The van der Waals surface area contributed by atoms with E-state index in [1.807, 2.05) is 0 Å². The van der Waals surface area contributed by atoms with E-state index >= 15 is 0 Å². The Labute approximate surface area is 116 Å². The van der Waals surface area contributed by atoms with Gasteiger partial charge < -0.3 is 14.9 Å². The van der Waals surface area contributed by atoms with Gasteiger partial charge in [-0.05, 0) is 31.6 Å². The molecule has 0 bridgehead atoms. The van der Waals surface area contributed by atoms with E-state index in [0.29, 0.717) is 24.7 Å². The zero-order valence-electron chi connectivity index (χ0n) is 11.7. The van der Waals surface area contributed by atoms with Gasteiger partial charge in [-0.15, -0.1) is 0 Å². The second kappa shape index (κ2) is 5.60. The summed E-state index contributed by atoms with van der Waals surface area (Å²) in [5, 5.41) is 15.6. The maximum atomic E-state index is 11.8. The van der Waals surface area contributed by atoms with Crippen molar-refractivity contribution in [3.05, 3.63) is 11.7 Å². The van der Waals surface area contributed by atoms with Gasteiger partial charge in [0, 0.05) is 13.5 Å². The van der Waals surface area contributed by atoms with Gasteiger partial charge >= 0.3 is 5.97 Å². The van der Waals surface area contributed by atoms with Gasteiger partial charge in [0.25, 0.3) is 11.7 Å². The number of rotatable bonds is 4. The maximum Gasteiger partial charge on any atom is 0.311 e. The summed E-state index contributed by atoms with van der Waals surface area (Å²) in [7, 11) is 0. The molecule has 0 spiro atoms. The number of aliphatic carboxylic acids is 1. The van der Waals surface area contributed by atoms with Crippen molar-refractivity contribution in [2.45, 2.75) is 39.5 Å². The largest absolute Gasteiger partial charge is 0.481 e. The molecule has 0 saturated heterocycles. The maximum absolute atomic E-state index is 11.8. The van der Waals surface area contributed by atoms with Crippen molar-refractivity contribution in [3.8, 4) is 0 Å². The van der Waals surface area contributed by atoms with Crippen molar-refractivity contribution in [3.63, 3.8) is 0 Å². The van der Waals surface area contributed by atoms with Crippen LogP contribution in [0.15, 0.2) is 4.52 Å². The highest BCUT2D eigenvalue weighted by atomic mass is 16.5. The van der Waals surface area contributed by atoms with Gasteiger partial charge in [-0.1, -0.05) is 12.1 Å². The Balaban J connectivity index is 1.99. The van der Waals surface area contributed by atoms with Crippen molar-refractivity contribution in [2.24, 2.45) is 11.3 Å². The van der Waals surface area contributed by atoms with Crippen molar-refractivity contribution in [2.75, 3.05) is 6.54 Å². The normalized spacial score (nSPS) is 26.2. The SMILES string of the molecule is Cc1nc(C(=O)NCC2(C(=O)O)CCC(C)CC2)no1. The van der Waals surface area contributed by atoms with Gasteiger partial charge in [-0.2, -0.15) is 4.98 Å². The van der Waals surface area contributed by atoms with Crippen LogP contribution in [0.2, 0.25) is 0 Å². The average Bonchev–Trinajstić information content (AvgIpc) is 2.84. The topological polar surface area (TPSA) is 105 Å². The summed E-state index contributed by atoms with van der Waals surface area (Å²) in [6.45, 7) is 3.80. The number of aromatic nitrogens is 2. The Morgan fingerprint density at radius 1 is 1.45 bits per heavy atom. The molecule has 0 aromatic carbocycles. The van der Waals surface area contributed by atoms with Gasteiger partial charge in [0.1, 0.15) is 0 Å². The molecule has 1 fully saturated rings. The Kier molecular flexibility index (Phi) is 4.06. The van der Waals surface area contributed by atoms with Crippen LogP contribution in [0.5, 0.6) is 0 Å². The molecule has 1 aliphatic rings. The van der Waals surface area contributed by atoms with Crippen LogP contribution in [0.1, 0.15) is 49.1 Å². The first-order chi connectivity index (χ1) is 9.43. The second-order valence-electron chi connectivity index (χ2n) is 5.59. The number of hydrogen-bond acceptors (Lipinski definition) is 5. The Morgan fingerprint density at radius 3 is 2.60 bits per heavy atom. The number of carbonyl (C=O) groups excluding carboxylic acids is 1. The van der Waals surface area contributed by atoms with Crippen LogP contribution in [0.4, 0.5) is 0 Å². The van der Waals surface area contributed by atoms with E-state index in [0.717, 1.165) is 12.8 Å². The molecule has 2 rings (SSSR count). The molecular formula is C13H19N3O4. The number of aryl methyl sites for hydroxylation is 1. The summed E-state index contributed by atoms with van der Waals surface area (Å²) in [6, 6.07) is 0. The molecular weight excluding hydrogens is 262 g/mol. The number of nitrogens with one attached hydrogen (secondary N) is 1. The predicted octanol–water partition coefficient (Wildman–Crippen LogP) is 1.39. The van der Waals surface area contributed by atoms with E-state index in [1.54, 1.807) is 6.92 Å². The first kappa shape index (κ1) is 14.5. The molecule has 0 atom stereocenters. The summed E-state index contributed by atoms with van der Waals surface area (Å²) in [6.07, 6.45) is 2.89. The minimum Gasteiger partial charge on any atom is -0.481 e.